The molecule has 0 aliphatic heterocycles. The van der Waals surface area contributed by atoms with Crippen molar-refractivity contribution in [2.24, 2.45) is 0 Å². The monoisotopic (exact) mass is 253 g/mol. The van der Waals surface area contributed by atoms with Crippen molar-refractivity contribution in [2.45, 2.75) is 20.0 Å². The van der Waals surface area contributed by atoms with Crippen molar-refractivity contribution in [1.82, 2.24) is 15.3 Å². The van der Waals surface area contributed by atoms with Gasteiger partial charge in [0.25, 0.3) is 0 Å². The molecule has 0 saturated carbocycles. The van der Waals surface area contributed by atoms with E-state index in [4.69, 9.17) is 11.6 Å². The number of aromatic nitrogens is 2. The molecular formula is C11H12ClN3S. The minimum atomic E-state index is 0.699. The number of thiazole rings is 1. The first-order valence-electron chi connectivity index (χ1n) is 4.96. The third kappa shape index (κ3) is 3.01. The van der Waals surface area contributed by atoms with Crippen molar-refractivity contribution in [3.8, 4) is 0 Å². The number of rotatable bonds is 4. The number of nitrogens with one attached hydrogen (secondary N) is 1. The lowest BCUT2D eigenvalue weighted by atomic mass is 10.3. The van der Waals surface area contributed by atoms with Gasteiger partial charge >= 0.3 is 0 Å². The molecular weight excluding hydrogens is 242 g/mol. The van der Waals surface area contributed by atoms with Gasteiger partial charge in [0, 0.05) is 36.6 Å². The molecule has 0 atom stereocenters. The molecule has 2 rings (SSSR count). The molecule has 5 heteroatoms. The summed E-state index contributed by atoms with van der Waals surface area (Å²) in [6.07, 6.45) is 3.41. The lowest BCUT2D eigenvalue weighted by Crippen LogP contribution is -2.12. The van der Waals surface area contributed by atoms with Crippen LogP contribution < -0.4 is 5.32 Å². The van der Waals surface area contributed by atoms with Crippen LogP contribution in [0.15, 0.2) is 23.8 Å². The summed E-state index contributed by atoms with van der Waals surface area (Å²) >= 11 is 7.66. The number of nitrogens with zero attached hydrogens (tertiary/aromatic N) is 2. The molecule has 2 aromatic rings. The molecule has 0 bridgehead atoms. The van der Waals surface area contributed by atoms with Gasteiger partial charge < -0.3 is 5.32 Å². The highest BCUT2D eigenvalue weighted by Crippen LogP contribution is 2.13. The van der Waals surface area contributed by atoms with Gasteiger partial charge in [-0.15, -0.1) is 11.3 Å². The van der Waals surface area contributed by atoms with Crippen LogP contribution in [0.3, 0.4) is 0 Å². The average Bonchev–Trinajstić information content (AvgIpc) is 2.67. The Kier molecular flexibility index (Phi) is 3.88. The van der Waals surface area contributed by atoms with Crippen LogP contribution in [-0.4, -0.2) is 9.97 Å². The predicted octanol–water partition coefficient (Wildman–Crippen LogP) is 2.79. The molecule has 1 N–H and O–H groups in total. The molecule has 0 spiro atoms. The Labute approximate surface area is 104 Å². The summed E-state index contributed by atoms with van der Waals surface area (Å²) in [6, 6.07) is 1.92. The topological polar surface area (TPSA) is 37.8 Å². The van der Waals surface area contributed by atoms with Crippen molar-refractivity contribution in [1.29, 1.82) is 0 Å². The highest BCUT2D eigenvalue weighted by atomic mass is 35.5. The molecule has 0 unspecified atom stereocenters. The van der Waals surface area contributed by atoms with E-state index in [1.54, 1.807) is 23.7 Å². The van der Waals surface area contributed by atoms with Crippen LogP contribution in [0.25, 0.3) is 0 Å². The first kappa shape index (κ1) is 11.5. The maximum atomic E-state index is 5.99. The number of hydrogen-bond donors (Lipinski definition) is 1. The summed E-state index contributed by atoms with van der Waals surface area (Å²) in [5.41, 5.74) is 2.13. The number of aryl methyl sites for hydroxylation is 1. The van der Waals surface area contributed by atoms with Crippen LogP contribution in [0.4, 0.5) is 0 Å². The molecule has 0 fully saturated rings. The Bertz CT molecular complexity index is 470. The third-order valence-electron chi connectivity index (χ3n) is 2.11. The Morgan fingerprint density at radius 3 is 3.00 bits per heavy atom. The van der Waals surface area contributed by atoms with E-state index in [2.05, 4.69) is 20.7 Å². The molecule has 2 aromatic heterocycles. The second-order valence-corrected chi connectivity index (χ2v) is 4.80. The zero-order valence-corrected chi connectivity index (χ0v) is 10.5. The van der Waals surface area contributed by atoms with Crippen molar-refractivity contribution >= 4 is 22.9 Å². The summed E-state index contributed by atoms with van der Waals surface area (Å²) in [6.45, 7) is 3.51. The van der Waals surface area contributed by atoms with Gasteiger partial charge in [0.2, 0.25) is 0 Å². The van der Waals surface area contributed by atoms with E-state index in [-0.39, 0.29) is 0 Å². The highest BCUT2D eigenvalue weighted by Gasteiger charge is 2.01. The van der Waals surface area contributed by atoms with Crippen molar-refractivity contribution in [3.63, 3.8) is 0 Å². The summed E-state index contributed by atoms with van der Waals surface area (Å²) in [5.74, 6) is 0. The van der Waals surface area contributed by atoms with E-state index < -0.39 is 0 Å². The minimum Gasteiger partial charge on any atom is -0.306 e. The fourth-order valence-electron chi connectivity index (χ4n) is 1.34. The highest BCUT2D eigenvalue weighted by molar-refractivity contribution is 7.09. The van der Waals surface area contributed by atoms with E-state index in [9.17, 15) is 0 Å². The molecule has 0 aliphatic carbocycles. The summed E-state index contributed by atoms with van der Waals surface area (Å²) in [7, 11) is 0. The van der Waals surface area contributed by atoms with E-state index in [1.807, 2.05) is 13.0 Å². The quantitative estimate of drug-likeness (QED) is 0.911. The van der Waals surface area contributed by atoms with Crippen LogP contribution >= 0.6 is 22.9 Å². The van der Waals surface area contributed by atoms with Gasteiger partial charge in [-0.3, -0.25) is 4.98 Å². The first-order valence-corrected chi connectivity index (χ1v) is 6.21. The van der Waals surface area contributed by atoms with Crippen molar-refractivity contribution < 1.29 is 0 Å². The largest absolute Gasteiger partial charge is 0.306 e. The van der Waals surface area contributed by atoms with Gasteiger partial charge in [0.15, 0.2) is 0 Å². The van der Waals surface area contributed by atoms with Gasteiger partial charge in [-0.05, 0) is 18.6 Å². The number of hydrogen-bond acceptors (Lipinski definition) is 4. The SMILES string of the molecule is Cc1csc(CNCc2ccncc2Cl)n1. The molecule has 84 valence electrons. The fraction of sp³-hybridized carbons (Fsp3) is 0.273. The zero-order chi connectivity index (χ0) is 11.4. The van der Waals surface area contributed by atoms with Gasteiger partial charge in [0.1, 0.15) is 5.01 Å². The van der Waals surface area contributed by atoms with E-state index in [0.717, 1.165) is 29.4 Å². The number of pyridine rings is 1. The summed E-state index contributed by atoms with van der Waals surface area (Å²) < 4.78 is 0. The molecule has 0 aliphatic rings. The maximum absolute atomic E-state index is 5.99. The van der Waals surface area contributed by atoms with E-state index >= 15 is 0 Å². The zero-order valence-electron chi connectivity index (χ0n) is 8.90. The van der Waals surface area contributed by atoms with Crippen LogP contribution in [0.5, 0.6) is 0 Å². The Hall–Kier alpha value is -0.970. The van der Waals surface area contributed by atoms with E-state index in [1.165, 1.54) is 0 Å². The second-order valence-electron chi connectivity index (χ2n) is 3.45. The van der Waals surface area contributed by atoms with Crippen LogP contribution in [0, 0.1) is 6.92 Å². The van der Waals surface area contributed by atoms with Crippen molar-refractivity contribution in [3.05, 3.63) is 45.1 Å². The van der Waals surface area contributed by atoms with Crippen LogP contribution in [0.1, 0.15) is 16.3 Å². The lowest BCUT2D eigenvalue weighted by Gasteiger charge is -2.04. The third-order valence-corrected chi connectivity index (χ3v) is 3.42. The van der Waals surface area contributed by atoms with Gasteiger partial charge in [-0.25, -0.2) is 4.98 Å². The Morgan fingerprint density at radius 1 is 1.44 bits per heavy atom. The minimum absolute atomic E-state index is 0.699. The number of halogens is 1. The molecule has 0 saturated heterocycles. The summed E-state index contributed by atoms with van der Waals surface area (Å²) in [5, 5.41) is 7.16. The molecule has 0 radical (unpaired) electrons. The smallest absolute Gasteiger partial charge is 0.107 e. The van der Waals surface area contributed by atoms with Crippen LogP contribution in [-0.2, 0) is 13.1 Å². The molecule has 0 aromatic carbocycles. The standard InChI is InChI=1S/C11H12ClN3S/c1-8-7-16-11(15-8)6-14-4-9-2-3-13-5-10(9)12/h2-3,5,7,14H,4,6H2,1H3. The maximum Gasteiger partial charge on any atom is 0.107 e. The van der Waals surface area contributed by atoms with Gasteiger partial charge in [0.05, 0.1) is 5.02 Å². The summed E-state index contributed by atoms with van der Waals surface area (Å²) in [4.78, 5) is 8.32. The first-order chi connectivity index (χ1) is 7.75. The molecule has 3 nitrogen and oxygen atoms in total. The van der Waals surface area contributed by atoms with Gasteiger partial charge in [-0.1, -0.05) is 11.6 Å². The molecule has 2 heterocycles. The molecule has 0 amide bonds. The predicted molar refractivity (Wildman–Crippen MR) is 66.6 cm³/mol. The van der Waals surface area contributed by atoms with E-state index in [0.29, 0.717) is 5.02 Å². The van der Waals surface area contributed by atoms with Crippen LogP contribution in [0.2, 0.25) is 5.02 Å². The Balaban J connectivity index is 1.87. The fourth-order valence-corrected chi connectivity index (χ4v) is 2.26. The second kappa shape index (κ2) is 5.39. The normalized spacial score (nSPS) is 10.6. The molecule has 16 heavy (non-hydrogen) atoms. The lowest BCUT2D eigenvalue weighted by molar-refractivity contribution is 0.688. The van der Waals surface area contributed by atoms with Crippen molar-refractivity contribution in [2.75, 3.05) is 0 Å². The Morgan fingerprint density at radius 2 is 2.31 bits per heavy atom. The van der Waals surface area contributed by atoms with Gasteiger partial charge in [-0.2, -0.15) is 0 Å². The average molecular weight is 254 g/mol.